The molecule has 0 amide bonds. The second-order valence-electron chi connectivity index (χ2n) is 5.21. The van der Waals surface area contributed by atoms with E-state index in [1.165, 1.54) is 12.8 Å². The Balaban J connectivity index is 1.89. The second-order valence-corrected chi connectivity index (χ2v) is 5.21. The third-order valence-corrected chi connectivity index (χ3v) is 3.64. The molecule has 2 heterocycles. The van der Waals surface area contributed by atoms with Crippen LogP contribution >= 0.6 is 0 Å². The zero-order valence-corrected chi connectivity index (χ0v) is 12.7. The first-order chi connectivity index (χ1) is 10.2. The predicted octanol–water partition coefficient (Wildman–Crippen LogP) is 5.23. The molecule has 1 aliphatic rings. The molecule has 1 aromatic heterocycles. The Morgan fingerprint density at radius 1 is 1.05 bits per heavy atom. The number of aryl methyl sites for hydroxylation is 2. The van der Waals surface area contributed by atoms with E-state index in [9.17, 15) is 0 Å². The number of unbranched alkanes of at least 4 members (excludes halogenated alkanes) is 2. The second kappa shape index (κ2) is 5.72. The van der Waals surface area contributed by atoms with Crippen LogP contribution in [0, 0.1) is 6.92 Å². The van der Waals surface area contributed by atoms with E-state index in [0.717, 1.165) is 30.1 Å². The average molecular weight is 288 g/mol. The van der Waals surface area contributed by atoms with Gasteiger partial charge in [0, 0.05) is 12.5 Å². The van der Waals surface area contributed by atoms with E-state index in [1.54, 1.807) is 7.11 Å². The molecule has 2 aromatic rings. The maximum Gasteiger partial charge on any atom is 0.211 e. The summed E-state index contributed by atoms with van der Waals surface area (Å²) in [7, 11) is 1.63. The van der Waals surface area contributed by atoms with Gasteiger partial charge >= 0.3 is 0 Å². The normalized spacial score (nSPS) is 12.1. The van der Waals surface area contributed by atoms with Crippen LogP contribution in [0.1, 0.15) is 37.7 Å². The van der Waals surface area contributed by atoms with Gasteiger partial charge in [-0.3, -0.25) is 0 Å². The largest absolute Gasteiger partial charge is 0.497 e. The van der Waals surface area contributed by atoms with Crippen molar-refractivity contribution in [2.24, 2.45) is 0 Å². The van der Waals surface area contributed by atoms with Crippen molar-refractivity contribution in [3.8, 4) is 28.7 Å². The lowest BCUT2D eigenvalue weighted by molar-refractivity contribution is 0.352. The van der Waals surface area contributed by atoms with Crippen molar-refractivity contribution in [3.05, 3.63) is 29.7 Å². The number of hydrogen-bond donors (Lipinski definition) is 0. The molecule has 4 heteroatoms. The third-order valence-electron chi connectivity index (χ3n) is 3.64. The zero-order valence-electron chi connectivity index (χ0n) is 12.7. The van der Waals surface area contributed by atoms with E-state index < -0.39 is 0 Å². The van der Waals surface area contributed by atoms with E-state index >= 15 is 0 Å². The van der Waals surface area contributed by atoms with Gasteiger partial charge in [-0.2, -0.15) is 0 Å². The Bertz CT molecular complexity index is 642. The molecule has 0 radical (unpaired) electrons. The summed E-state index contributed by atoms with van der Waals surface area (Å²) in [6.07, 6.45) is 4.32. The summed E-state index contributed by atoms with van der Waals surface area (Å²) in [6, 6.07) is 5.53. The van der Waals surface area contributed by atoms with Gasteiger partial charge in [0.15, 0.2) is 17.3 Å². The fourth-order valence-corrected chi connectivity index (χ4v) is 2.48. The first kappa shape index (κ1) is 13.9. The number of hydrogen-bond acceptors (Lipinski definition) is 4. The highest BCUT2D eigenvalue weighted by Crippen LogP contribution is 2.51. The summed E-state index contributed by atoms with van der Waals surface area (Å²) < 4.78 is 23.0. The lowest BCUT2D eigenvalue weighted by atomic mass is 10.1. The maximum atomic E-state index is 6.00. The van der Waals surface area contributed by atoms with Gasteiger partial charge in [-0.15, -0.1) is 0 Å². The SMILES string of the molecule is CCCCCc1oc(C)c2c1Oc1cc(OC)ccc1O2. The molecule has 3 rings (SSSR count). The Labute approximate surface area is 124 Å². The number of methoxy groups -OCH3 is 1. The van der Waals surface area contributed by atoms with Gasteiger partial charge < -0.3 is 18.6 Å². The third kappa shape index (κ3) is 2.58. The minimum Gasteiger partial charge on any atom is -0.497 e. The smallest absolute Gasteiger partial charge is 0.211 e. The molecular weight excluding hydrogens is 268 g/mol. The number of benzene rings is 1. The molecule has 112 valence electrons. The summed E-state index contributed by atoms with van der Waals surface area (Å²) in [5.41, 5.74) is 0. The highest BCUT2D eigenvalue weighted by atomic mass is 16.6. The Kier molecular flexibility index (Phi) is 3.78. The number of furan rings is 1. The quantitative estimate of drug-likeness (QED) is 0.603. The fourth-order valence-electron chi connectivity index (χ4n) is 2.48. The van der Waals surface area contributed by atoms with E-state index in [1.807, 2.05) is 25.1 Å². The average Bonchev–Trinajstić information content (AvgIpc) is 2.81. The Morgan fingerprint density at radius 2 is 1.86 bits per heavy atom. The van der Waals surface area contributed by atoms with E-state index in [4.69, 9.17) is 18.6 Å². The maximum absolute atomic E-state index is 6.00. The molecular formula is C17H20O4. The van der Waals surface area contributed by atoms with Gasteiger partial charge in [-0.25, -0.2) is 0 Å². The van der Waals surface area contributed by atoms with E-state index in [2.05, 4.69) is 6.92 Å². The molecule has 0 aliphatic carbocycles. The van der Waals surface area contributed by atoms with Gasteiger partial charge in [-0.05, 0) is 25.5 Å². The van der Waals surface area contributed by atoms with Crippen LogP contribution in [0.2, 0.25) is 0 Å². The summed E-state index contributed by atoms with van der Waals surface area (Å²) >= 11 is 0. The number of rotatable bonds is 5. The highest BCUT2D eigenvalue weighted by Gasteiger charge is 2.28. The molecule has 0 saturated heterocycles. The van der Waals surface area contributed by atoms with Crippen molar-refractivity contribution in [3.63, 3.8) is 0 Å². The van der Waals surface area contributed by atoms with Crippen LogP contribution in [0.25, 0.3) is 0 Å². The molecule has 0 fully saturated rings. The molecule has 1 aliphatic heterocycles. The lowest BCUT2D eigenvalue weighted by Crippen LogP contribution is -1.99. The molecule has 0 spiro atoms. The zero-order chi connectivity index (χ0) is 14.8. The van der Waals surface area contributed by atoms with Crippen LogP contribution in [-0.2, 0) is 6.42 Å². The van der Waals surface area contributed by atoms with Gasteiger partial charge in [0.25, 0.3) is 0 Å². The number of fused-ring (bicyclic) bond motifs is 2. The van der Waals surface area contributed by atoms with Crippen LogP contribution in [0.15, 0.2) is 22.6 Å². The molecule has 0 bridgehead atoms. The monoisotopic (exact) mass is 288 g/mol. The molecule has 0 saturated carbocycles. The minimum absolute atomic E-state index is 0.666. The topological polar surface area (TPSA) is 40.8 Å². The first-order valence-corrected chi connectivity index (χ1v) is 7.39. The standard InChI is InChI=1S/C17H20O4/c1-4-5-6-7-14-17-16(11(2)19-14)20-13-9-8-12(18-3)10-15(13)21-17/h8-10H,4-7H2,1-3H3. The Morgan fingerprint density at radius 3 is 2.62 bits per heavy atom. The van der Waals surface area contributed by atoms with Crippen LogP contribution in [0.5, 0.6) is 28.7 Å². The fraction of sp³-hybridized carbons (Fsp3) is 0.412. The summed E-state index contributed by atoms with van der Waals surface area (Å²) in [6.45, 7) is 4.09. The van der Waals surface area contributed by atoms with Crippen LogP contribution < -0.4 is 14.2 Å². The highest BCUT2D eigenvalue weighted by molar-refractivity contribution is 5.59. The molecule has 21 heavy (non-hydrogen) atoms. The van der Waals surface area contributed by atoms with Crippen molar-refractivity contribution in [2.75, 3.05) is 7.11 Å². The van der Waals surface area contributed by atoms with Crippen molar-refractivity contribution in [1.29, 1.82) is 0 Å². The van der Waals surface area contributed by atoms with Gasteiger partial charge in [0.1, 0.15) is 11.5 Å². The van der Waals surface area contributed by atoms with Crippen molar-refractivity contribution in [2.45, 2.75) is 39.5 Å². The summed E-state index contributed by atoms with van der Waals surface area (Å²) in [5.74, 6) is 5.13. The molecule has 1 aromatic carbocycles. The van der Waals surface area contributed by atoms with Crippen molar-refractivity contribution < 1.29 is 18.6 Å². The van der Waals surface area contributed by atoms with E-state index in [0.29, 0.717) is 23.0 Å². The van der Waals surface area contributed by atoms with Crippen LogP contribution in [0.4, 0.5) is 0 Å². The molecule has 0 N–H and O–H groups in total. The van der Waals surface area contributed by atoms with Crippen LogP contribution in [0.3, 0.4) is 0 Å². The van der Waals surface area contributed by atoms with Crippen molar-refractivity contribution >= 4 is 0 Å². The minimum atomic E-state index is 0.666. The van der Waals surface area contributed by atoms with Gasteiger partial charge in [0.2, 0.25) is 11.5 Å². The van der Waals surface area contributed by atoms with Crippen LogP contribution in [-0.4, -0.2) is 7.11 Å². The predicted molar refractivity (Wildman–Crippen MR) is 79.8 cm³/mol. The first-order valence-electron chi connectivity index (χ1n) is 7.39. The summed E-state index contributed by atoms with van der Waals surface area (Å²) in [5, 5.41) is 0. The molecule has 0 unspecified atom stereocenters. The van der Waals surface area contributed by atoms with Gasteiger partial charge in [-0.1, -0.05) is 19.8 Å². The van der Waals surface area contributed by atoms with Gasteiger partial charge in [0.05, 0.1) is 7.11 Å². The Hall–Kier alpha value is -2.10. The molecule has 0 atom stereocenters. The van der Waals surface area contributed by atoms with Crippen molar-refractivity contribution in [1.82, 2.24) is 0 Å². The lowest BCUT2D eigenvalue weighted by Gasteiger charge is -2.18. The number of ether oxygens (including phenoxy) is 3. The molecule has 4 nitrogen and oxygen atoms in total. The summed E-state index contributed by atoms with van der Waals surface area (Å²) in [4.78, 5) is 0. The van der Waals surface area contributed by atoms with E-state index in [-0.39, 0.29) is 0 Å².